The molecule has 1 nitrogen and oxygen atoms in total. The van der Waals surface area contributed by atoms with Gasteiger partial charge >= 0.3 is 0 Å². The number of ether oxygens (including phenoxy) is 1. The molecule has 1 aromatic rings. The Morgan fingerprint density at radius 3 is 2.64 bits per heavy atom. The highest BCUT2D eigenvalue weighted by Gasteiger charge is 2.37. The van der Waals surface area contributed by atoms with E-state index in [1.54, 1.807) is 0 Å². The van der Waals surface area contributed by atoms with Crippen molar-refractivity contribution >= 4 is 0 Å². The second-order valence-electron chi connectivity index (χ2n) is 9.81. The molecule has 1 aromatic carbocycles. The van der Waals surface area contributed by atoms with E-state index in [0.29, 0.717) is 12.0 Å². The predicted octanol–water partition coefficient (Wildman–Crippen LogP) is 7.21. The first-order valence-corrected chi connectivity index (χ1v) is 12.1. The fourth-order valence-electron chi connectivity index (χ4n) is 6.24. The molecular weight excluding hydrogens is 347 g/mol. The van der Waals surface area contributed by atoms with Crippen LogP contribution in [0, 0.1) is 23.6 Å². The lowest BCUT2D eigenvalue weighted by atomic mass is 9.65. The Hall–Kier alpha value is -0.890. The van der Waals surface area contributed by atoms with Crippen LogP contribution in [0.1, 0.15) is 101 Å². The fraction of sp³-hybridized carbons (Fsp3) is 0.769. The Labute approximate surface area is 171 Å². The van der Waals surface area contributed by atoms with Crippen molar-refractivity contribution in [2.45, 2.75) is 103 Å². The summed E-state index contributed by atoms with van der Waals surface area (Å²) in [5.74, 6) is 2.94. The van der Waals surface area contributed by atoms with Gasteiger partial charge in [0.05, 0.1) is 6.10 Å². The van der Waals surface area contributed by atoms with E-state index in [4.69, 9.17) is 4.74 Å². The maximum Gasteiger partial charge on any atom is 0.130 e. The summed E-state index contributed by atoms with van der Waals surface area (Å²) < 4.78 is 21.5. The van der Waals surface area contributed by atoms with Crippen molar-refractivity contribution in [1.82, 2.24) is 0 Å². The summed E-state index contributed by atoms with van der Waals surface area (Å²) in [5, 5.41) is 0. The molecule has 2 saturated carbocycles. The number of benzene rings is 1. The summed E-state index contributed by atoms with van der Waals surface area (Å²) in [6, 6.07) is 4.41. The standard InChI is InChI=1S/C26H39FO/c1-3-5-14-28-23-11-9-19-16-22(8-7-20(19)17-23)25-13-10-21-15-18(4-2)6-12-24(21)26(25)27/h10,13,18-20,22-23H,3-9,11-12,14-17H2,1-2H3. The Bertz CT molecular complexity index is 654. The lowest BCUT2D eigenvalue weighted by Crippen LogP contribution is -2.34. The molecule has 0 N–H and O–H groups in total. The van der Waals surface area contributed by atoms with E-state index in [9.17, 15) is 0 Å². The van der Waals surface area contributed by atoms with Crippen LogP contribution in [0.5, 0.6) is 0 Å². The van der Waals surface area contributed by atoms with E-state index in [0.717, 1.165) is 54.7 Å². The van der Waals surface area contributed by atoms with Crippen molar-refractivity contribution in [1.29, 1.82) is 0 Å². The summed E-state index contributed by atoms with van der Waals surface area (Å²) in [6.07, 6.45) is 14.6. The van der Waals surface area contributed by atoms with Gasteiger partial charge in [0.1, 0.15) is 5.82 Å². The van der Waals surface area contributed by atoms with Crippen LogP contribution in [0.2, 0.25) is 0 Å². The van der Waals surface area contributed by atoms with E-state index in [2.05, 4.69) is 26.0 Å². The number of rotatable bonds is 6. The Kier molecular flexibility index (Phi) is 6.76. The highest BCUT2D eigenvalue weighted by molar-refractivity contribution is 5.38. The van der Waals surface area contributed by atoms with Gasteiger partial charge in [0, 0.05) is 6.61 Å². The molecular formula is C26H39FO. The second kappa shape index (κ2) is 9.28. The average molecular weight is 387 g/mol. The number of hydrogen-bond acceptors (Lipinski definition) is 1. The van der Waals surface area contributed by atoms with E-state index in [1.165, 1.54) is 63.4 Å². The van der Waals surface area contributed by atoms with Crippen LogP contribution in [-0.4, -0.2) is 12.7 Å². The summed E-state index contributed by atoms with van der Waals surface area (Å²) >= 11 is 0. The van der Waals surface area contributed by atoms with Crippen LogP contribution in [0.3, 0.4) is 0 Å². The van der Waals surface area contributed by atoms with Gasteiger partial charge in [0.25, 0.3) is 0 Å². The molecule has 5 atom stereocenters. The molecule has 0 aliphatic heterocycles. The molecule has 3 aliphatic rings. The molecule has 28 heavy (non-hydrogen) atoms. The molecule has 4 rings (SSSR count). The van der Waals surface area contributed by atoms with Crippen molar-refractivity contribution < 1.29 is 9.13 Å². The zero-order chi connectivity index (χ0) is 19.5. The highest BCUT2D eigenvalue weighted by atomic mass is 19.1. The third-order valence-electron chi connectivity index (χ3n) is 8.11. The van der Waals surface area contributed by atoms with Gasteiger partial charge in [0.15, 0.2) is 0 Å². The van der Waals surface area contributed by atoms with Gasteiger partial charge in [-0.2, -0.15) is 0 Å². The van der Waals surface area contributed by atoms with Crippen LogP contribution in [0.25, 0.3) is 0 Å². The number of unbranched alkanes of at least 4 members (excludes halogenated alkanes) is 1. The topological polar surface area (TPSA) is 9.23 Å². The average Bonchev–Trinajstić information content (AvgIpc) is 2.73. The summed E-state index contributed by atoms with van der Waals surface area (Å²) in [4.78, 5) is 0. The molecule has 3 aliphatic carbocycles. The van der Waals surface area contributed by atoms with Crippen molar-refractivity contribution in [3.63, 3.8) is 0 Å². The maximum atomic E-state index is 15.4. The second-order valence-corrected chi connectivity index (χ2v) is 9.81. The third kappa shape index (κ3) is 4.32. The molecule has 0 heterocycles. The first kappa shape index (κ1) is 20.4. The lowest BCUT2D eigenvalue weighted by molar-refractivity contribution is -0.0161. The summed E-state index contributed by atoms with van der Waals surface area (Å²) in [5.41, 5.74) is 3.38. The van der Waals surface area contributed by atoms with Crippen molar-refractivity contribution in [3.8, 4) is 0 Å². The van der Waals surface area contributed by atoms with Gasteiger partial charge in [-0.3, -0.25) is 0 Å². The van der Waals surface area contributed by atoms with E-state index < -0.39 is 0 Å². The van der Waals surface area contributed by atoms with Gasteiger partial charge in [-0.25, -0.2) is 4.39 Å². The van der Waals surface area contributed by atoms with Crippen molar-refractivity contribution in [2.24, 2.45) is 17.8 Å². The van der Waals surface area contributed by atoms with Crippen LogP contribution < -0.4 is 0 Å². The Morgan fingerprint density at radius 1 is 1.00 bits per heavy atom. The predicted molar refractivity (Wildman–Crippen MR) is 114 cm³/mol. The first-order valence-electron chi connectivity index (χ1n) is 12.1. The third-order valence-corrected chi connectivity index (χ3v) is 8.11. The molecule has 0 bridgehead atoms. The molecule has 0 aromatic heterocycles. The zero-order valence-electron chi connectivity index (χ0n) is 18.0. The van der Waals surface area contributed by atoms with Gasteiger partial charge in [-0.15, -0.1) is 0 Å². The quantitative estimate of drug-likeness (QED) is 0.469. The first-order chi connectivity index (χ1) is 13.7. The lowest BCUT2D eigenvalue weighted by Gasteiger charge is -2.42. The van der Waals surface area contributed by atoms with Crippen LogP contribution in [0.15, 0.2) is 12.1 Å². The molecule has 0 amide bonds. The summed E-state index contributed by atoms with van der Waals surface area (Å²) in [7, 11) is 0. The molecule has 5 unspecified atom stereocenters. The van der Waals surface area contributed by atoms with Crippen molar-refractivity contribution in [2.75, 3.05) is 6.61 Å². The van der Waals surface area contributed by atoms with E-state index in [1.807, 2.05) is 0 Å². The number of halogens is 1. The molecule has 0 radical (unpaired) electrons. The maximum absolute atomic E-state index is 15.4. The molecule has 2 fully saturated rings. The minimum absolute atomic E-state index is 0.159. The van der Waals surface area contributed by atoms with Gasteiger partial charge in [-0.1, -0.05) is 38.8 Å². The van der Waals surface area contributed by atoms with Gasteiger partial charge < -0.3 is 4.74 Å². The molecule has 2 heteroatoms. The number of hydrogen-bond donors (Lipinski definition) is 0. The minimum Gasteiger partial charge on any atom is -0.378 e. The van der Waals surface area contributed by atoms with E-state index in [-0.39, 0.29) is 5.82 Å². The zero-order valence-corrected chi connectivity index (χ0v) is 18.0. The number of fused-ring (bicyclic) bond motifs is 2. The monoisotopic (exact) mass is 386 g/mol. The van der Waals surface area contributed by atoms with Crippen LogP contribution in [-0.2, 0) is 17.6 Å². The fourth-order valence-corrected chi connectivity index (χ4v) is 6.24. The van der Waals surface area contributed by atoms with Gasteiger partial charge in [0.2, 0.25) is 0 Å². The molecule has 0 saturated heterocycles. The Balaban J connectivity index is 1.39. The SMILES string of the molecule is CCCCOC1CCC2CC(c3ccc4c(c3F)CCC(CC)C4)CCC2C1. The van der Waals surface area contributed by atoms with Crippen LogP contribution >= 0.6 is 0 Å². The smallest absolute Gasteiger partial charge is 0.130 e. The largest absolute Gasteiger partial charge is 0.378 e. The minimum atomic E-state index is 0.159. The molecule has 156 valence electrons. The highest BCUT2D eigenvalue weighted by Crippen LogP contribution is 2.47. The van der Waals surface area contributed by atoms with Crippen LogP contribution in [0.4, 0.5) is 4.39 Å². The van der Waals surface area contributed by atoms with Crippen molar-refractivity contribution in [3.05, 3.63) is 34.6 Å². The van der Waals surface area contributed by atoms with E-state index >= 15 is 4.39 Å². The normalized spacial score (nSPS) is 32.6. The van der Waals surface area contributed by atoms with Gasteiger partial charge in [-0.05, 0) is 105 Å². The molecule has 0 spiro atoms. The summed E-state index contributed by atoms with van der Waals surface area (Å²) in [6.45, 7) is 5.42. The Morgan fingerprint density at radius 2 is 1.82 bits per heavy atom.